The number of hydrogen-bond acceptors (Lipinski definition) is 5. The van der Waals surface area contributed by atoms with Crippen LogP contribution in [0.3, 0.4) is 0 Å². The molecule has 0 heterocycles. The Hall–Kier alpha value is -2.74. The van der Waals surface area contributed by atoms with Gasteiger partial charge in [-0.25, -0.2) is 8.42 Å². The lowest BCUT2D eigenvalue weighted by Gasteiger charge is -2.24. The smallest absolute Gasteiger partial charge is 0.232 e. The second kappa shape index (κ2) is 11.4. The molecule has 0 aromatic heterocycles. The molecule has 0 saturated carbocycles. The highest BCUT2D eigenvalue weighted by Crippen LogP contribution is 2.29. The first-order valence-corrected chi connectivity index (χ1v) is 11.8. The van der Waals surface area contributed by atoms with Crippen molar-refractivity contribution in [1.82, 2.24) is 5.32 Å². The molecule has 0 spiro atoms. The topological polar surface area (TPSA) is 84.9 Å². The average molecular weight is 435 g/mol. The molecular weight excluding hydrogens is 404 g/mol. The van der Waals surface area contributed by atoms with E-state index in [0.717, 1.165) is 18.4 Å². The van der Waals surface area contributed by atoms with E-state index in [1.807, 2.05) is 24.3 Å². The summed E-state index contributed by atoms with van der Waals surface area (Å²) < 4.78 is 36.6. The van der Waals surface area contributed by atoms with Gasteiger partial charge in [-0.2, -0.15) is 0 Å². The molecule has 0 aliphatic carbocycles. The van der Waals surface area contributed by atoms with Gasteiger partial charge in [0.15, 0.2) is 0 Å². The molecule has 2 aromatic carbocycles. The number of rotatable bonds is 12. The Morgan fingerprint density at radius 3 is 2.43 bits per heavy atom. The molecule has 0 aliphatic heterocycles. The number of aryl methyl sites for hydroxylation is 1. The average Bonchev–Trinajstić information content (AvgIpc) is 2.74. The Labute approximate surface area is 179 Å². The maximum atomic E-state index is 12.2. The maximum Gasteiger partial charge on any atom is 0.232 e. The number of anilines is 1. The van der Waals surface area contributed by atoms with Gasteiger partial charge < -0.3 is 14.8 Å². The van der Waals surface area contributed by atoms with E-state index in [9.17, 15) is 13.2 Å². The van der Waals surface area contributed by atoms with Crippen LogP contribution in [0.15, 0.2) is 48.5 Å². The number of nitrogens with zero attached hydrogens (tertiary/aromatic N) is 1. The van der Waals surface area contributed by atoms with Gasteiger partial charge in [-0.1, -0.05) is 31.2 Å². The number of carbonyl (C=O) groups excluding carboxylic acids is 1. The Bertz CT molecular complexity index is 913. The van der Waals surface area contributed by atoms with Crippen LogP contribution in [0, 0.1) is 0 Å². The molecule has 1 amide bonds. The summed E-state index contributed by atoms with van der Waals surface area (Å²) in [5.74, 6) is 1.09. The van der Waals surface area contributed by atoms with Crippen molar-refractivity contribution in [2.24, 2.45) is 0 Å². The van der Waals surface area contributed by atoms with Crippen LogP contribution in [-0.2, 0) is 21.2 Å². The monoisotopic (exact) mass is 434 g/mol. The molecule has 0 saturated heterocycles. The molecule has 0 bridgehead atoms. The van der Waals surface area contributed by atoms with Gasteiger partial charge in [-0.05, 0) is 42.7 Å². The number of methoxy groups -OCH3 is 1. The summed E-state index contributed by atoms with van der Waals surface area (Å²) in [5.41, 5.74) is 1.71. The standard InChI is InChI=1S/C22H30N2O5S/c1-4-18-11-13-19(14-12-18)29-17-15-23-22(25)10-7-16-24(30(3,26)27)20-8-5-6-9-21(20)28-2/h5-6,8-9,11-14H,4,7,10,15-17H2,1-3H3,(H,23,25). The Morgan fingerprint density at radius 1 is 1.10 bits per heavy atom. The summed E-state index contributed by atoms with van der Waals surface area (Å²) in [4.78, 5) is 12.1. The number of nitrogens with one attached hydrogen (secondary N) is 1. The van der Waals surface area contributed by atoms with E-state index in [4.69, 9.17) is 9.47 Å². The SMILES string of the molecule is CCc1ccc(OCCNC(=O)CCCN(c2ccccc2OC)S(C)(=O)=O)cc1. The number of ether oxygens (including phenoxy) is 2. The van der Waals surface area contributed by atoms with Crippen LogP contribution in [-0.4, -0.2) is 47.4 Å². The van der Waals surface area contributed by atoms with Gasteiger partial charge in [0.2, 0.25) is 15.9 Å². The second-order valence-electron chi connectivity index (χ2n) is 6.81. The lowest BCUT2D eigenvalue weighted by Crippen LogP contribution is -2.33. The minimum absolute atomic E-state index is 0.145. The van der Waals surface area contributed by atoms with E-state index in [-0.39, 0.29) is 18.9 Å². The van der Waals surface area contributed by atoms with Crippen molar-refractivity contribution in [1.29, 1.82) is 0 Å². The van der Waals surface area contributed by atoms with Crippen LogP contribution < -0.4 is 19.1 Å². The van der Waals surface area contributed by atoms with Crippen LogP contribution in [0.4, 0.5) is 5.69 Å². The summed E-state index contributed by atoms with van der Waals surface area (Å²) in [7, 11) is -2.01. The molecule has 0 fully saturated rings. The van der Waals surface area contributed by atoms with E-state index >= 15 is 0 Å². The molecule has 8 heteroatoms. The van der Waals surface area contributed by atoms with Gasteiger partial charge in [-0.15, -0.1) is 0 Å². The van der Waals surface area contributed by atoms with Crippen LogP contribution in [0.5, 0.6) is 11.5 Å². The number of amides is 1. The fraction of sp³-hybridized carbons (Fsp3) is 0.409. The van der Waals surface area contributed by atoms with Gasteiger partial charge in [0.05, 0.1) is 25.6 Å². The van der Waals surface area contributed by atoms with Crippen molar-refractivity contribution in [2.45, 2.75) is 26.2 Å². The van der Waals surface area contributed by atoms with Crippen molar-refractivity contribution < 1.29 is 22.7 Å². The minimum Gasteiger partial charge on any atom is -0.495 e. The molecule has 2 aromatic rings. The summed E-state index contributed by atoms with van der Waals surface area (Å²) in [6, 6.07) is 14.8. The van der Waals surface area contributed by atoms with E-state index < -0.39 is 10.0 Å². The molecule has 30 heavy (non-hydrogen) atoms. The molecular formula is C22H30N2O5S. The number of carbonyl (C=O) groups is 1. The van der Waals surface area contributed by atoms with Crippen LogP contribution in [0.25, 0.3) is 0 Å². The Kier molecular flexibility index (Phi) is 8.98. The predicted molar refractivity (Wildman–Crippen MR) is 119 cm³/mol. The normalized spacial score (nSPS) is 11.0. The minimum atomic E-state index is -3.50. The first-order valence-electron chi connectivity index (χ1n) is 9.94. The Morgan fingerprint density at radius 2 is 1.80 bits per heavy atom. The third-order valence-corrected chi connectivity index (χ3v) is 5.72. The first-order chi connectivity index (χ1) is 14.3. The van der Waals surface area contributed by atoms with E-state index in [0.29, 0.717) is 31.0 Å². The molecule has 164 valence electrons. The van der Waals surface area contributed by atoms with Crippen molar-refractivity contribution in [3.05, 3.63) is 54.1 Å². The van der Waals surface area contributed by atoms with E-state index in [2.05, 4.69) is 12.2 Å². The van der Waals surface area contributed by atoms with Crippen LogP contribution >= 0.6 is 0 Å². The molecule has 1 N–H and O–H groups in total. The fourth-order valence-electron chi connectivity index (χ4n) is 2.95. The molecule has 7 nitrogen and oxygen atoms in total. The summed E-state index contributed by atoms with van der Waals surface area (Å²) in [5, 5.41) is 2.79. The zero-order chi connectivity index (χ0) is 22.0. The van der Waals surface area contributed by atoms with Crippen molar-refractivity contribution in [3.63, 3.8) is 0 Å². The molecule has 0 radical (unpaired) electrons. The van der Waals surface area contributed by atoms with Crippen molar-refractivity contribution >= 4 is 21.6 Å². The van der Waals surface area contributed by atoms with E-state index in [1.165, 1.54) is 17.0 Å². The molecule has 2 rings (SSSR count). The Balaban J connectivity index is 1.77. The number of benzene rings is 2. The third-order valence-electron chi connectivity index (χ3n) is 4.54. The van der Waals surface area contributed by atoms with Crippen molar-refractivity contribution in [2.75, 3.05) is 37.4 Å². The summed E-state index contributed by atoms with van der Waals surface area (Å²) >= 11 is 0. The maximum absolute atomic E-state index is 12.2. The molecule has 0 atom stereocenters. The lowest BCUT2D eigenvalue weighted by atomic mass is 10.2. The van der Waals surface area contributed by atoms with Gasteiger partial charge >= 0.3 is 0 Å². The number of sulfonamides is 1. The van der Waals surface area contributed by atoms with Crippen LogP contribution in [0.2, 0.25) is 0 Å². The zero-order valence-corrected chi connectivity index (χ0v) is 18.6. The number of hydrogen-bond donors (Lipinski definition) is 1. The van der Waals surface area contributed by atoms with Gasteiger partial charge in [0, 0.05) is 13.0 Å². The highest BCUT2D eigenvalue weighted by Gasteiger charge is 2.20. The fourth-order valence-corrected chi connectivity index (χ4v) is 3.92. The van der Waals surface area contributed by atoms with Gasteiger partial charge in [-0.3, -0.25) is 9.10 Å². The quantitative estimate of drug-likeness (QED) is 0.519. The zero-order valence-electron chi connectivity index (χ0n) is 17.8. The number of para-hydroxylation sites is 2. The van der Waals surface area contributed by atoms with Gasteiger partial charge in [0.1, 0.15) is 18.1 Å². The summed E-state index contributed by atoms with van der Waals surface area (Å²) in [6.45, 7) is 3.04. The molecule has 0 unspecified atom stereocenters. The largest absolute Gasteiger partial charge is 0.495 e. The summed E-state index contributed by atoms with van der Waals surface area (Å²) in [6.07, 6.45) is 2.72. The second-order valence-corrected chi connectivity index (χ2v) is 8.71. The van der Waals surface area contributed by atoms with Crippen LogP contribution in [0.1, 0.15) is 25.3 Å². The first kappa shape index (κ1) is 23.5. The predicted octanol–water partition coefficient (Wildman–Crippen LogP) is 3.00. The lowest BCUT2D eigenvalue weighted by molar-refractivity contribution is -0.121. The van der Waals surface area contributed by atoms with E-state index in [1.54, 1.807) is 24.3 Å². The van der Waals surface area contributed by atoms with Crippen molar-refractivity contribution in [3.8, 4) is 11.5 Å². The van der Waals surface area contributed by atoms with Gasteiger partial charge in [0.25, 0.3) is 0 Å². The highest BCUT2D eigenvalue weighted by atomic mass is 32.2. The highest BCUT2D eigenvalue weighted by molar-refractivity contribution is 7.92. The molecule has 0 aliphatic rings. The third kappa shape index (κ3) is 7.26.